The van der Waals surface area contributed by atoms with Gasteiger partial charge in [0.05, 0.1) is 17.7 Å². The molecule has 184 valence electrons. The molecule has 0 radical (unpaired) electrons. The molecule has 0 aliphatic carbocycles. The second-order valence-electron chi connectivity index (χ2n) is 10.1. The Kier molecular flexibility index (Phi) is 7.29. The number of likely N-dealkylation sites (tertiary alicyclic amines) is 1. The number of benzene rings is 1. The summed E-state index contributed by atoms with van der Waals surface area (Å²) in [6, 6.07) is 8.20. The van der Waals surface area contributed by atoms with Crippen molar-refractivity contribution >= 4 is 11.8 Å². The van der Waals surface area contributed by atoms with Crippen LogP contribution >= 0.6 is 0 Å². The van der Waals surface area contributed by atoms with Crippen molar-refractivity contribution in [1.82, 2.24) is 15.0 Å². The first-order valence-electron chi connectivity index (χ1n) is 12.5. The van der Waals surface area contributed by atoms with Crippen LogP contribution in [0.4, 0.5) is 0 Å². The minimum absolute atomic E-state index is 0.0312. The van der Waals surface area contributed by atoms with Crippen molar-refractivity contribution < 1.29 is 18.8 Å². The molecule has 2 aliphatic heterocycles. The summed E-state index contributed by atoms with van der Waals surface area (Å²) in [4.78, 5) is 30.7. The van der Waals surface area contributed by atoms with Crippen LogP contribution in [0, 0.1) is 12.3 Å². The highest BCUT2D eigenvalue weighted by molar-refractivity contribution is 5.96. The number of ether oxygens (including phenoxy) is 1. The van der Waals surface area contributed by atoms with Crippen LogP contribution < -0.4 is 4.74 Å². The van der Waals surface area contributed by atoms with Gasteiger partial charge in [0.2, 0.25) is 5.91 Å². The van der Waals surface area contributed by atoms with Crippen LogP contribution in [0.25, 0.3) is 0 Å². The van der Waals surface area contributed by atoms with Gasteiger partial charge in [-0.2, -0.15) is 0 Å². The van der Waals surface area contributed by atoms with Gasteiger partial charge < -0.3 is 19.1 Å². The summed E-state index contributed by atoms with van der Waals surface area (Å²) in [6.07, 6.45) is 5.15. The van der Waals surface area contributed by atoms with Gasteiger partial charge in [0, 0.05) is 20.1 Å². The second-order valence-corrected chi connectivity index (χ2v) is 10.1. The second kappa shape index (κ2) is 10.2. The van der Waals surface area contributed by atoms with E-state index in [-0.39, 0.29) is 17.7 Å². The Morgan fingerprint density at radius 2 is 1.82 bits per heavy atom. The molecular weight excluding hydrogens is 430 g/mol. The first-order chi connectivity index (χ1) is 16.3. The number of carbonyl (C=O) groups is 2. The zero-order chi connectivity index (χ0) is 24.3. The average Bonchev–Trinajstić information content (AvgIpc) is 3.23. The minimum atomic E-state index is -0.422. The van der Waals surface area contributed by atoms with Crippen LogP contribution in [0.3, 0.4) is 0 Å². The molecule has 1 aromatic heterocycles. The molecule has 1 spiro atoms. The lowest BCUT2D eigenvalue weighted by molar-refractivity contribution is -0.144. The van der Waals surface area contributed by atoms with Gasteiger partial charge in [0.15, 0.2) is 0 Å². The number of fused-ring (bicyclic) bond motifs is 1. The van der Waals surface area contributed by atoms with Crippen molar-refractivity contribution in [2.75, 3.05) is 33.3 Å². The molecular formula is C27H37N3O4. The van der Waals surface area contributed by atoms with E-state index in [1.807, 2.05) is 42.8 Å². The molecule has 4 rings (SSSR count). The Labute approximate surface area is 202 Å². The van der Waals surface area contributed by atoms with Crippen molar-refractivity contribution in [3.8, 4) is 5.75 Å². The van der Waals surface area contributed by atoms with Crippen LogP contribution in [0.1, 0.15) is 79.2 Å². The predicted octanol–water partition coefficient (Wildman–Crippen LogP) is 4.59. The lowest BCUT2D eigenvalue weighted by Gasteiger charge is -2.43. The van der Waals surface area contributed by atoms with Crippen LogP contribution in [0.2, 0.25) is 0 Å². The van der Waals surface area contributed by atoms with Crippen LogP contribution in [-0.4, -0.2) is 60.1 Å². The number of hydrogen-bond donors (Lipinski definition) is 0. The van der Waals surface area contributed by atoms with Crippen molar-refractivity contribution in [3.05, 3.63) is 46.8 Å². The Bertz CT molecular complexity index is 1020. The number of aromatic nitrogens is 1. The van der Waals surface area contributed by atoms with E-state index in [4.69, 9.17) is 9.26 Å². The molecule has 0 saturated carbocycles. The van der Waals surface area contributed by atoms with E-state index in [9.17, 15) is 9.59 Å². The van der Waals surface area contributed by atoms with Crippen molar-refractivity contribution in [2.24, 2.45) is 5.41 Å². The minimum Gasteiger partial charge on any atom is -0.491 e. The van der Waals surface area contributed by atoms with Gasteiger partial charge in [0.1, 0.15) is 23.7 Å². The third-order valence-corrected chi connectivity index (χ3v) is 7.47. The molecule has 0 unspecified atom stereocenters. The molecule has 2 aliphatic rings. The Morgan fingerprint density at radius 3 is 2.56 bits per heavy atom. The van der Waals surface area contributed by atoms with Gasteiger partial charge >= 0.3 is 0 Å². The first-order valence-corrected chi connectivity index (χ1v) is 12.5. The van der Waals surface area contributed by atoms with Crippen molar-refractivity contribution in [1.29, 1.82) is 0 Å². The van der Waals surface area contributed by atoms with Gasteiger partial charge in [-0.05, 0) is 56.6 Å². The number of piperidine rings is 1. The molecule has 0 N–H and O–H groups in total. The molecule has 0 atom stereocenters. The summed E-state index contributed by atoms with van der Waals surface area (Å²) >= 11 is 0. The molecule has 1 aromatic carbocycles. The molecule has 2 amide bonds. The maximum absolute atomic E-state index is 13.6. The number of hydrogen-bond acceptors (Lipinski definition) is 5. The highest BCUT2D eigenvalue weighted by Crippen LogP contribution is 2.40. The van der Waals surface area contributed by atoms with Gasteiger partial charge in [-0.1, -0.05) is 43.6 Å². The lowest BCUT2D eigenvalue weighted by Crippen LogP contribution is -2.51. The number of nitrogens with zero attached hydrogens (tertiary/aromatic N) is 3. The maximum atomic E-state index is 13.6. The molecule has 1 fully saturated rings. The van der Waals surface area contributed by atoms with E-state index in [1.54, 1.807) is 6.92 Å². The number of likely N-dealkylation sites (N-methyl/N-ethyl adjacent to an activating group) is 1. The summed E-state index contributed by atoms with van der Waals surface area (Å²) in [7, 11) is 1.87. The first kappa shape index (κ1) is 24.3. The average molecular weight is 468 g/mol. The third-order valence-electron chi connectivity index (χ3n) is 7.47. The normalized spacial score (nSPS) is 19.4. The lowest BCUT2D eigenvalue weighted by atomic mass is 9.73. The van der Waals surface area contributed by atoms with Crippen LogP contribution in [0.5, 0.6) is 5.75 Å². The maximum Gasteiger partial charge on any atom is 0.259 e. The van der Waals surface area contributed by atoms with Crippen molar-refractivity contribution in [2.45, 2.75) is 65.2 Å². The highest BCUT2D eigenvalue weighted by atomic mass is 16.5. The van der Waals surface area contributed by atoms with E-state index in [2.05, 4.69) is 17.3 Å². The highest BCUT2D eigenvalue weighted by Gasteiger charge is 2.44. The zero-order valence-corrected chi connectivity index (χ0v) is 20.9. The fourth-order valence-corrected chi connectivity index (χ4v) is 5.34. The quantitative estimate of drug-likeness (QED) is 0.646. The number of amides is 2. The molecule has 3 heterocycles. The van der Waals surface area contributed by atoms with E-state index in [0.29, 0.717) is 56.1 Å². The fraction of sp³-hybridized carbons (Fsp3) is 0.593. The number of rotatable bonds is 2. The monoisotopic (exact) mass is 467 g/mol. The van der Waals surface area contributed by atoms with E-state index < -0.39 is 5.41 Å². The molecule has 0 bridgehead atoms. The van der Waals surface area contributed by atoms with E-state index in [0.717, 1.165) is 31.4 Å². The fourth-order valence-electron chi connectivity index (χ4n) is 5.34. The number of carbonyl (C=O) groups excluding carboxylic acids is 2. The van der Waals surface area contributed by atoms with Gasteiger partial charge in [-0.3, -0.25) is 9.59 Å². The van der Waals surface area contributed by atoms with Crippen molar-refractivity contribution in [3.63, 3.8) is 0 Å². The van der Waals surface area contributed by atoms with Crippen LogP contribution in [-0.2, 0) is 11.2 Å². The molecule has 2 aromatic rings. The summed E-state index contributed by atoms with van der Waals surface area (Å²) < 4.78 is 11.4. The summed E-state index contributed by atoms with van der Waals surface area (Å²) in [5, 5.41) is 4.12. The molecule has 7 nitrogen and oxygen atoms in total. The summed E-state index contributed by atoms with van der Waals surface area (Å²) in [5.74, 6) is 1.75. The Balaban J connectivity index is 1.48. The third kappa shape index (κ3) is 4.84. The number of para-hydroxylation sites is 1. The van der Waals surface area contributed by atoms with E-state index >= 15 is 0 Å². The zero-order valence-electron chi connectivity index (χ0n) is 20.9. The Morgan fingerprint density at radius 1 is 1.09 bits per heavy atom. The van der Waals surface area contributed by atoms with Gasteiger partial charge in [-0.15, -0.1) is 0 Å². The standard InChI is InChI=1S/C27H37N3O4/c1-19(2)24-23(20(3)34-28-24)25(31)30-15-13-27(14-16-30)12-8-7-10-21-9-5-6-11-22(21)33-18-17-29(4)26(27)32/h5-6,9,11,19H,7-8,10,12-18H2,1-4H3. The SMILES string of the molecule is Cc1onc(C(C)C)c1C(=O)N1CCC2(CCCCc3ccccc3OCCN(C)C2=O)CC1. The largest absolute Gasteiger partial charge is 0.491 e. The van der Waals surface area contributed by atoms with Crippen LogP contribution in [0.15, 0.2) is 28.8 Å². The predicted molar refractivity (Wildman–Crippen MR) is 130 cm³/mol. The summed E-state index contributed by atoms with van der Waals surface area (Å²) in [5.41, 5.74) is 2.11. The Hall–Kier alpha value is -2.83. The molecule has 7 heteroatoms. The topological polar surface area (TPSA) is 75.9 Å². The molecule has 34 heavy (non-hydrogen) atoms. The smallest absolute Gasteiger partial charge is 0.259 e. The van der Waals surface area contributed by atoms with Gasteiger partial charge in [-0.25, -0.2) is 0 Å². The molecule has 1 saturated heterocycles. The number of aryl methyl sites for hydroxylation is 2. The van der Waals surface area contributed by atoms with E-state index in [1.165, 1.54) is 5.56 Å². The van der Waals surface area contributed by atoms with Gasteiger partial charge in [0.25, 0.3) is 5.91 Å². The summed E-state index contributed by atoms with van der Waals surface area (Å²) in [6.45, 7) is 7.99.